The molecule has 7 heteroatoms. The second-order valence-electron chi connectivity index (χ2n) is 7.49. The van der Waals surface area contributed by atoms with Gasteiger partial charge in [-0.05, 0) is 49.4 Å². The molecule has 1 aliphatic heterocycles. The minimum absolute atomic E-state index is 0.248. The summed E-state index contributed by atoms with van der Waals surface area (Å²) < 4.78 is 27.9. The number of carbonyl (C=O) groups excluding carboxylic acids is 1. The van der Waals surface area contributed by atoms with Crippen molar-refractivity contribution in [2.45, 2.75) is 25.7 Å². The number of anilines is 1. The zero-order valence-electron chi connectivity index (χ0n) is 16.7. The number of hydrogen-bond donors (Lipinski definition) is 1. The van der Waals surface area contributed by atoms with Gasteiger partial charge in [0.15, 0.2) is 4.91 Å². The van der Waals surface area contributed by atoms with E-state index in [4.69, 9.17) is 11.6 Å². The van der Waals surface area contributed by atoms with Crippen LogP contribution in [-0.2, 0) is 14.8 Å². The van der Waals surface area contributed by atoms with Crippen LogP contribution in [0.3, 0.4) is 0 Å². The highest BCUT2D eigenvalue weighted by atomic mass is 35.5. The first kappa shape index (κ1) is 20.7. The number of sulfonamides is 1. The Bertz CT molecular complexity index is 1150. The number of nitrogens with zero attached hydrogens (tertiary/aromatic N) is 1. The lowest BCUT2D eigenvalue weighted by atomic mass is 9.95. The van der Waals surface area contributed by atoms with Crippen molar-refractivity contribution in [2.75, 3.05) is 17.9 Å². The molecule has 0 bridgehead atoms. The molecule has 1 N–H and O–H groups in total. The number of nitrogens with one attached hydrogen (secondary N) is 1. The van der Waals surface area contributed by atoms with E-state index >= 15 is 0 Å². The van der Waals surface area contributed by atoms with Crippen LogP contribution in [0.1, 0.15) is 36.8 Å². The predicted molar refractivity (Wildman–Crippen MR) is 121 cm³/mol. The smallest absolute Gasteiger partial charge is 0.270 e. The molecule has 2 aliphatic rings. The molecule has 0 aromatic heterocycles. The zero-order chi connectivity index (χ0) is 21.3. The molecule has 4 rings (SSSR count). The summed E-state index contributed by atoms with van der Waals surface area (Å²) in [6.07, 6.45) is 6.29. The lowest BCUT2D eigenvalue weighted by molar-refractivity contribution is -0.116. The van der Waals surface area contributed by atoms with Gasteiger partial charge in [0.05, 0.1) is 5.69 Å². The van der Waals surface area contributed by atoms with Crippen LogP contribution in [0.25, 0.3) is 5.57 Å². The van der Waals surface area contributed by atoms with Crippen LogP contribution >= 0.6 is 11.6 Å². The monoisotopic (exact) mass is 442 g/mol. The van der Waals surface area contributed by atoms with E-state index in [1.165, 1.54) is 7.05 Å². The number of allylic oxidation sites excluding steroid dienone is 1. The highest BCUT2D eigenvalue weighted by molar-refractivity contribution is 7.97. The summed E-state index contributed by atoms with van der Waals surface area (Å²) in [6.45, 7) is 0.353. The van der Waals surface area contributed by atoms with Crippen molar-refractivity contribution in [2.24, 2.45) is 0 Å². The second kappa shape index (κ2) is 8.28. The molecule has 0 unspecified atom stereocenters. The summed E-state index contributed by atoms with van der Waals surface area (Å²) >= 11 is 6.24. The van der Waals surface area contributed by atoms with Gasteiger partial charge >= 0.3 is 0 Å². The third-order valence-corrected chi connectivity index (χ3v) is 7.60. The molecule has 0 atom stereocenters. The van der Waals surface area contributed by atoms with Gasteiger partial charge in [-0.15, -0.1) is 0 Å². The molecule has 0 spiro atoms. The molecular formula is C23H23ClN2O3S. The largest absolute Gasteiger partial charge is 0.348 e. The Kier molecular flexibility index (Phi) is 5.71. The van der Waals surface area contributed by atoms with E-state index in [0.717, 1.165) is 35.6 Å². The molecule has 5 nitrogen and oxygen atoms in total. The van der Waals surface area contributed by atoms with Gasteiger partial charge in [-0.2, -0.15) is 0 Å². The molecule has 1 amide bonds. The molecule has 0 radical (unpaired) electrons. The maximum Gasteiger partial charge on any atom is 0.270 e. The molecule has 156 valence electrons. The fraction of sp³-hybridized carbons (Fsp3) is 0.261. The summed E-state index contributed by atoms with van der Waals surface area (Å²) in [5.74, 6) is -0.599. The number of amides is 1. The summed E-state index contributed by atoms with van der Waals surface area (Å²) in [4.78, 5) is 13.0. The summed E-state index contributed by atoms with van der Waals surface area (Å²) in [6, 6.07) is 14.1. The Morgan fingerprint density at radius 2 is 1.90 bits per heavy atom. The van der Waals surface area contributed by atoms with E-state index in [-0.39, 0.29) is 4.91 Å². The molecular weight excluding hydrogens is 420 g/mol. The van der Waals surface area contributed by atoms with E-state index in [0.29, 0.717) is 34.0 Å². The molecule has 2 aromatic carbocycles. The van der Waals surface area contributed by atoms with Gasteiger partial charge < -0.3 is 5.32 Å². The van der Waals surface area contributed by atoms with Crippen LogP contribution in [0.5, 0.6) is 0 Å². The van der Waals surface area contributed by atoms with Crippen LogP contribution in [0.4, 0.5) is 5.69 Å². The molecule has 1 aliphatic carbocycles. The van der Waals surface area contributed by atoms with Gasteiger partial charge in [-0.1, -0.05) is 53.6 Å². The third-order valence-electron chi connectivity index (χ3n) is 5.54. The molecule has 30 heavy (non-hydrogen) atoms. The van der Waals surface area contributed by atoms with E-state index in [9.17, 15) is 13.2 Å². The maximum absolute atomic E-state index is 13.4. The van der Waals surface area contributed by atoms with E-state index < -0.39 is 15.9 Å². The van der Waals surface area contributed by atoms with E-state index in [2.05, 4.69) is 11.4 Å². The Labute approximate surface area is 182 Å². The van der Waals surface area contributed by atoms with Gasteiger partial charge in [0.25, 0.3) is 15.9 Å². The normalized spacial score (nSPS) is 17.9. The number of hydrogen-bond acceptors (Lipinski definition) is 3. The van der Waals surface area contributed by atoms with Crippen LogP contribution in [-0.4, -0.2) is 27.9 Å². The van der Waals surface area contributed by atoms with E-state index in [1.54, 1.807) is 30.3 Å². The number of fused-ring (bicyclic) bond motifs is 1. The van der Waals surface area contributed by atoms with Gasteiger partial charge in [0.1, 0.15) is 0 Å². The molecule has 2 aromatic rings. The Morgan fingerprint density at radius 1 is 1.13 bits per heavy atom. The minimum Gasteiger partial charge on any atom is -0.348 e. The fourth-order valence-electron chi connectivity index (χ4n) is 3.96. The summed E-state index contributed by atoms with van der Waals surface area (Å²) in [5, 5.41) is 3.31. The van der Waals surface area contributed by atoms with Gasteiger partial charge in [-0.25, -0.2) is 8.42 Å². The van der Waals surface area contributed by atoms with Crippen molar-refractivity contribution in [3.05, 3.63) is 81.2 Å². The highest BCUT2D eigenvalue weighted by Crippen LogP contribution is 2.43. The lowest BCUT2D eigenvalue weighted by Crippen LogP contribution is -2.40. The van der Waals surface area contributed by atoms with E-state index in [1.807, 2.05) is 18.2 Å². The summed E-state index contributed by atoms with van der Waals surface area (Å²) in [5.41, 5.74) is 3.28. The first-order valence-electron chi connectivity index (χ1n) is 9.94. The third kappa shape index (κ3) is 3.77. The van der Waals surface area contributed by atoms with Gasteiger partial charge in [0, 0.05) is 29.8 Å². The van der Waals surface area contributed by atoms with Gasteiger partial charge in [-0.3, -0.25) is 9.10 Å². The van der Waals surface area contributed by atoms with Crippen molar-refractivity contribution in [1.82, 2.24) is 5.32 Å². The van der Waals surface area contributed by atoms with Crippen molar-refractivity contribution < 1.29 is 13.2 Å². The summed E-state index contributed by atoms with van der Waals surface area (Å²) in [7, 11) is -2.58. The fourth-order valence-corrected chi connectivity index (χ4v) is 5.62. The topological polar surface area (TPSA) is 66.5 Å². The SMILES string of the molecule is CN1c2ccc(Cl)cc2C(c2ccccc2)=C(C(=O)NCC2=CCCCC2)S1(=O)=O. The van der Waals surface area contributed by atoms with Crippen LogP contribution in [0.2, 0.25) is 5.02 Å². The second-order valence-corrected chi connectivity index (χ2v) is 9.84. The predicted octanol–water partition coefficient (Wildman–Crippen LogP) is 4.50. The number of carbonyl (C=O) groups is 1. The van der Waals surface area contributed by atoms with Crippen LogP contribution in [0.15, 0.2) is 65.1 Å². The van der Waals surface area contributed by atoms with Crippen molar-refractivity contribution in [3.63, 3.8) is 0 Å². The maximum atomic E-state index is 13.4. The van der Waals surface area contributed by atoms with Crippen molar-refractivity contribution in [3.8, 4) is 0 Å². The highest BCUT2D eigenvalue weighted by Gasteiger charge is 2.39. The van der Waals surface area contributed by atoms with Crippen LogP contribution in [0, 0.1) is 0 Å². The first-order valence-corrected chi connectivity index (χ1v) is 11.8. The first-order chi connectivity index (χ1) is 14.4. The number of benzene rings is 2. The Morgan fingerprint density at radius 3 is 2.60 bits per heavy atom. The zero-order valence-corrected chi connectivity index (χ0v) is 18.3. The van der Waals surface area contributed by atoms with Crippen molar-refractivity contribution in [1.29, 1.82) is 0 Å². The Hall–Kier alpha value is -2.57. The lowest BCUT2D eigenvalue weighted by Gasteiger charge is -2.31. The average Bonchev–Trinajstić information content (AvgIpc) is 2.75. The number of rotatable bonds is 4. The van der Waals surface area contributed by atoms with Crippen LogP contribution < -0.4 is 9.62 Å². The molecule has 1 heterocycles. The minimum atomic E-state index is -4.04. The number of halogens is 1. The molecule has 0 saturated carbocycles. The van der Waals surface area contributed by atoms with Gasteiger partial charge in [0.2, 0.25) is 0 Å². The molecule has 0 fully saturated rings. The Balaban J connectivity index is 1.87. The molecule has 0 saturated heterocycles. The quantitative estimate of drug-likeness (QED) is 0.709. The average molecular weight is 443 g/mol. The standard InChI is InChI=1S/C23H23ClN2O3S/c1-26-20-13-12-18(24)14-19(20)21(17-10-6-3-7-11-17)22(30(26,28)29)23(27)25-15-16-8-4-2-5-9-16/h3,6-8,10-14H,2,4-5,9,15H2,1H3,(H,25,27). The van der Waals surface area contributed by atoms with Crippen molar-refractivity contribution >= 4 is 38.8 Å².